The van der Waals surface area contributed by atoms with Crippen LogP contribution in [0.1, 0.15) is 6.92 Å². The number of benzene rings is 1. The van der Waals surface area contributed by atoms with Gasteiger partial charge in [-0.05, 0) is 19.1 Å². The van der Waals surface area contributed by atoms with E-state index < -0.39 is 17.6 Å². The van der Waals surface area contributed by atoms with Crippen LogP contribution in [-0.4, -0.2) is 31.1 Å². The van der Waals surface area contributed by atoms with Crippen LogP contribution in [0, 0.1) is 5.92 Å². The fraction of sp³-hybridized carbons (Fsp3) is 0.308. The second kappa shape index (κ2) is 4.60. The average Bonchev–Trinajstić information content (AvgIpc) is 2.64. The van der Waals surface area contributed by atoms with E-state index in [1.807, 2.05) is 0 Å². The highest BCUT2D eigenvalue weighted by atomic mass is 16.5. The quantitative estimate of drug-likeness (QED) is 0.742. The Kier molecular flexibility index (Phi) is 3.14. The van der Waals surface area contributed by atoms with Crippen molar-refractivity contribution in [3.63, 3.8) is 0 Å². The van der Waals surface area contributed by atoms with Crippen molar-refractivity contribution in [2.75, 3.05) is 18.6 Å². The molecule has 1 fully saturated rings. The van der Waals surface area contributed by atoms with E-state index >= 15 is 0 Å². The molecule has 0 N–H and O–H groups in total. The summed E-state index contributed by atoms with van der Waals surface area (Å²) in [5, 5.41) is 0. The van der Waals surface area contributed by atoms with E-state index in [0.717, 1.165) is 0 Å². The van der Waals surface area contributed by atoms with Gasteiger partial charge in [-0.1, -0.05) is 12.1 Å². The van der Waals surface area contributed by atoms with Gasteiger partial charge in [-0.2, -0.15) is 0 Å². The summed E-state index contributed by atoms with van der Waals surface area (Å²) in [4.78, 5) is 36.3. The second-order valence-electron chi connectivity index (χ2n) is 4.11. The van der Waals surface area contributed by atoms with E-state index in [2.05, 4.69) is 0 Å². The highest BCUT2D eigenvalue weighted by Gasteiger charge is 2.43. The summed E-state index contributed by atoms with van der Waals surface area (Å²) in [6.45, 7) is 1.18. The number of ketones is 2. The smallest absolute Gasteiger partial charge is 0.245 e. The average molecular weight is 247 g/mol. The van der Waals surface area contributed by atoms with Crippen molar-refractivity contribution in [2.24, 2.45) is 5.92 Å². The molecule has 1 amide bonds. The molecule has 0 aromatic heterocycles. The van der Waals surface area contributed by atoms with Crippen LogP contribution in [0.2, 0.25) is 0 Å². The van der Waals surface area contributed by atoms with E-state index in [-0.39, 0.29) is 12.3 Å². The summed E-state index contributed by atoms with van der Waals surface area (Å²) in [6.07, 6.45) is 0. The van der Waals surface area contributed by atoms with Crippen molar-refractivity contribution in [1.29, 1.82) is 0 Å². The first kappa shape index (κ1) is 12.3. The van der Waals surface area contributed by atoms with Gasteiger partial charge in [0, 0.05) is 0 Å². The number of nitrogens with zero attached hydrogens (tertiary/aromatic N) is 1. The molecule has 2 rings (SSSR count). The summed E-state index contributed by atoms with van der Waals surface area (Å²) < 4.78 is 5.15. The molecule has 1 aliphatic heterocycles. The molecule has 1 aliphatic rings. The molecule has 1 aromatic rings. The van der Waals surface area contributed by atoms with Crippen LogP contribution in [0.4, 0.5) is 5.69 Å². The van der Waals surface area contributed by atoms with Gasteiger partial charge >= 0.3 is 0 Å². The number of methoxy groups -OCH3 is 1. The SMILES string of the molecule is COc1ccccc1N1CC(=O)C(C(C)=O)C1=O. The van der Waals surface area contributed by atoms with Crippen molar-refractivity contribution >= 4 is 23.2 Å². The number of amides is 1. The molecule has 1 heterocycles. The van der Waals surface area contributed by atoms with Crippen LogP contribution in [0.5, 0.6) is 5.75 Å². The molecule has 1 saturated heterocycles. The van der Waals surface area contributed by atoms with Gasteiger partial charge in [-0.3, -0.25) is 14.4 Å². The highest BCUT2D eigenvalue weighted by Crippen LogP contribution is 2.31. The van der Waals surface area contributed by atoms with Crippen LogP contribution < -0.4 is 9.64 Å². The maximum atomic E-state index is 12.1. The Hall–Kier alpha value is -2.17. The van der Waals surface area contributed by atoms with Crippen LogP contribution in [0.25, 0.3) is 0 Å². The zero-order valence-corrected chi connectivity index (χ0v) is 10.2. The van der Waals surface area contributed by atoms with E-state index in [0.29, 0.717) is 11.4 Å². The first-order valence-electron chi connectivity index (χ1n) is 5.54. The lowest BCUT2D eigenvalue weighted by Gasteiger charge is -2.18. The number of carbonyl (C=O) groups excluding carboxylic acids is 3. The van der Waals surface area contributed by atoms with Gasteiger partial charge in [0.25, 0.3) is 0 Å². The zero-order valence-electron chi connectivity index (χ0n) is 10.2. The predicted octanol–water partition coefficient (Wildman–Crippen LogP) is 0.816. The fourth-order valence-electron chi connectivity index (χ4n) is 2.08. The third kappa shape index (κ3) is 1.88. The van der Waals surface area contributed by atoms with Crippen LogP contribution in [-0.2, 0) is 14.4 Å². The Morgan fingerprint density at radius 1 is 1.33 bits per heavy atom. The molecule has 94 valence electrons. The molecule has 1 aromatic carbocycles. The molecule has 0 aliphatic carbocycles. The van der Waals surface area contributed by atoms with E-state index in [9.17, 15) is 14.4 Å². The number of Topliss-reactive ketones (excluding diaryl/α,β-unsaturated/α-hetero) is 2. The Balaban J connectivity index is 2.39. The Morgan fingerprint density at radius 2 is 2.00 bits per heavy atom. The van der Waals surface area contributed by atoms with Crippen molar-refractivity contribution in [2.45, 2.75) is 6.92 Å². The van der Waals surface area contributed by atoms with E-state index in [4.69, 9.17) is 4.74 Å². The number of hydrogen-bond acceptors (Lipinski definition) is 4. The predicted molar refractivity (Wildman–Crippen MR) is 64.5 cm³/mol. The topological polar surface area (TPSA) is 63.7 Å². The van der Waals surface area contributed by atoms with Crippen LogP contribution >= 0.6 is 0 Å². The monoisotopic (exact) mass is 247 g/mol. The minimum absolute atomic E-state index is 0.0799. The van der Waals surface area contributed by atoms with Crippen molar-refractivity contribution in [3.05, 3.63) is 24.3 Å². The normalized spacial score (nSPS) is 19.2. The molecule has 0 bridgehead atoms. The van der Waals surface area contributed by atoms with E-state index in [1.54, 1.807) is 24.3 Å². The number of ether oxygens (including phenoxy) is 1. The van der Waals surface area contributed by atoms with Crippen molar-refractivity contribution < 1.29 is 19.1 Å². The Labute approximate surface area is 104 Å². The summed E-state index contributed by atoms with van der Waals surface area (Å²) in [6, 6.07) is 6.91. The van der Waals surface area contributed by atoms with Gasteiger partial charge in [-0.25, -0.2) is 0 Å². The van der Waals surface area contributed by atoms with Crippen molar-refractivity contribution in [1.82, 2.24) is 0 Å². The molecular weight excluding hydrogens is 234 g/mol. The molecule has 0 spiro atoms. The second-order valence-corrected chi connectivity index (χ2v) is 4.11. The first-order chi connectivity index (χ1) is 8.56. The summed E-state index contributed by atoms with van der Waals surface area (Å²) in [5.74, 6) is -1.91. The maximum absolute atomic E-state index is 12.1. The van der Waals surface area contributed by atoms with Crippen LogP contribution in [0.15, 0.2) is 24.3 Å². The molecule has 0 saturated carbocycles. The number of hydrogen-bond donors (Lipinski definition) is 0. The molecule has 1 unspecified atom stereocenters. The van der Waals surface area contributed by atoms with Gasteiger partial charge in [0.15, 0.2) is 11.7 Å². The minimum Gasteiger partial charge on any atom is -0.495 e. The molecule has 0 radical (unpaired) electrons. The standard InChI is InChI=1S/C13H13NO4/c1-8(15)12-10(16)7-14(13(12)17)9-5-3-4-6-11(9)18-2/h3-6,12H,7H2,1-2H3. The molecular formula is C13H13NO4. The third-order valence-electron chi connectivity index (χ3n) is 2.93. The number of anilines is 1. The lowest BCUT2D eigenvalue weighted by molar-refractivity contribution is -0.134. The molecule has 5 heteroatoms. The lowest BCUT2D eigenvalue weighted by Crippen LogP contribution is -2.30. The molecule has 5 nitrogen and oxygen atoms in total. The van der Waals surface area contributed by atoms with Gasteiger partial charge in [0.2, 0.25) is 5.91 Å². The van der Waals surface area contributed by atoms with Gasteiger partial charge < -0.3 is 9.64 Å². The van der Waals surface area contributed by atoms with Crippen LogP contribution in [0.3, 0.4) is 0 Å². The van der Waals surface area contributed by atoms with Gasteiger partial charge in [-0.15, -0.1) is 0 Å². The number of carbonyl (C=O) groups is 3. The third-order valence-corrected chi connectivity index (χ3v) is 2.93. The van der Waals surface area contributed by atoms with Crippen molar-refractivity contribution in [3.8, 4) is 5.75 Å². The fourth-order valence-corrected chi connectivity index (χ4v) is 2.08. The lowest BCUT2D eigenvalue weighted by atomic mass is 10.0. The molecule has 1 atom stereocenters. The summed E-state index contributed by atoms with van der Waals surface area (Å²) in [5.41, 5.74) is 0.516. The molecule has 18 heavy (non-hydrogen) atoms. The van der Waals surface area contributed by atoms with Gasteiger partial charge in [0.1, 0.15) is 11.5 Å². The first-order valence-corrected chi connectivity index (χ1v) is 5.54. The highest BCUT2D eigenvalue weighted by molar-refractivity contribution is 6.28. The minimum atomic E-state index is -1.16. The maximum Gasteiger partial charge on any atom is 0.245 e. The number of para-hydroxylation sites is 2. The Bertz CT molecular complexity index is 523. The Morgan fingerprint density at radius 3 is 2.56 bits per heavy atom. The van der Waals surface area contributed by atoms with Gasteiger partial charge in [0.05, 0.1) is 19.3 Å². The largest absolute Gasteiger partial charge is 0.495 e. The number of rotatable bonds is 3. The van der Waals surface area contributed by atoms with E-state index in [1.165, 1.54) is 18.9 Å². The zero-order chi connectivity index (χ0) is 13.3. The summed E-state index contributed by atoms with van der Waals surface area (Å²) >= 11 is 0. The summed E-state index contributed by atoms with van der Waals surface area (Å²) in [7, 11) is 1.49.